The van der Waals surface area contributed by atoms with E-state index in [0.29, 0.717) is 0 Å². The molecule has 0 aliphatic rings. The number of benzene rings is 1. The van der Waals surface area contributed by atoms with Crippen LogP contribution in [0.2, 0.25) is 0 Å². The number of phenolic OH excluding ortho intramolecular Hbond substituents is 1. The molecular weight excluding hydrogens is 162 g/mol. The Kier molecular flexibility index (Phi) is 1.74. The normalized spacial score (nSPS) is 10.2. The number of hydrogen-bond donors (Lipinski definition) is 1. The van der Waals surface area contributed by atoms with Gasteiger partial charge in [-0.3, -0.25) is 4.98 Å². The van der Waals surface area contributed by atoms with E-state index in [1.165, 1.54) is 0 Å². The molecule has 0 radical (unpaired) electrons. The number of fused-ring (bicyclic) bond motifs is 1. The van der Waals surface area contributed by atoms with Gasteiger partial charge in [-0.1, -0.05) is 6.58 Å². The zero-order valence-electron chi connectivity index (χ0n) is 7.07. The quantitative estimate of drug-likeness (QED) is 0.715. The lowest BCUT2D eigenvalue weighted by Crippen LogP contribution is -1.80. The van der Waals surface area contributed by atoms with Crippen molar-refractivity contribution in [3.05, 3.63) is 42.7 Å². The van der Waals surface area contributed by atoms with E-state index in [9.17, 15) is 5.11 Å². The largest absolute Gasteiger partial charge is 0.508 e. The number of hydrogen-bond acceptors (Lipinski definition) is 2. The number of pyridine rings is 1. The van der Waals surface area contributed by atoms with Gasteiger partial charge in [0.1, 0.15) is 5.75 Å². The minimum absolute atomic E-state index is 0.272. The summed E-state index contributed by atoms with van der Waals surface area (Å²) in [4.78, 5) is 4.16. The third-order valence-corrected chi connectivity index (χ3v) is 1.94. The first-order valence-corrected chi connectivity index (χ1v) is 4.01. The van der Waals surface area contributed by atoms with Crippen LogP contribution in [-0.4, -0.2) is 10.1 Å². The molecule has 1 aromatic heterocycles. The van der Waals surface area contributed by atoms with Gasteiger partial charge >= 0.3 is 0 Å². The molecule has 0 saturated heterocycles. The summed E-state index contributed by atoms with van der Waals surface area (Å²) >= 11 is 0. The molecule has 0 spiro atoms. The molecule has 0 atom stereocenters. The van der Waals surface area contributed by atoms with Crippen LogP contribution in [0.1, 0.15) is 5.69 Å². The van der Waals surface area contributed by atoms with E-state index in [0.717, 1.165) is 16.5 Å². The molecule has 1 aromatic carbocycles. The Morgan fingerprint density at radius 1 is 1.23 bits per heavy atom. The molecule has 0 aliphatic heterocycles. The minimum atomic E-state index is 0.272. The van der Waals surface area contributed by atoms with E-state index in [1.807, 2.05) is 12.1 Å². The molecular formula is C11H9NO. The molecule has 0 fully saturated rings. The van der Waals surface area contributed by atoms with E-state index in [1.54, 1.807) is 24.4 Å². The fraction of sp³-hybridized carbons (Fsp3) is 0. The van der Waals surface area contributed by atoms with Crippen LogP contribution in [0.25, 0.3) is 16.8 Å². The van der Waals surface area contributed by atoms with Gasteiger partial charge in [0.05, 0.1) is 5.69 Å². The van der Waals surface area contributed by atoms with Gasteiger partial charge in [0.2, 0.25) is 0 Å². The van der Waals surface area contributed by atoms with Gasteiger partial charge in [-0.05, 0) is 35.7 Å². The van der Waals surface area contributed by atoms with Crippen LogP contribution >= 0.6 is 0 Å². The van der Waals surface area contributed by atoms with Crippen molar-refractivity contribution in [1.82, 2.24) is 4.98 Å². The number of aromatic nitrogens is 1. The van der Waals surface area contributed by atoms with E-state index in [-0.39, 0.29) is 5.75 Å². The van der Waals surface area contributed by atoms with E-state index >= 15 is 0 Å². The Labute approximate surface area is 76.2 Å². The summed E-state index contributed by atoms with van der Waals surface area (Å²) in [5, 5.41) is 11.2. The summed E-state index contributed by atoms with van der Waals surface area (Å²) in [7, 11) is 0. The summed E-state index contributed by atoms with van der Waals surface area (Å²) in [5.41, 5.74) is 0.818. The van der Waals surface area contributed by atoms with Crippen molar-refractivity contribution in [3.63, 3.8) is 0 Å². The van der Waals surface area contributed by atoms with Crippen LogP contribution in [0.15, 0.2) is 37.0 Å². The lowest BCUT2D eigenvalue weighted by molar-refractivity contribution is 0.476. The fourth-order valence-electron chi connectivity index (χ4n) is 1.26. The average molecular weight is 171 g/mol. The highest BCUT2D eigenvalue weighted by atomic mass is 16.3. The third kappa shape index (κ3) is 1.38. The standard InChI is InChI=1S/C11H9NO/c1-2-10-5-9-6-11(13)4-3-8(9)7-12-10/h2-7,13H,1H2. The number of rotatable bonds is 1. The maximum atomic E-state index is 9.25. The first-order chi connectivity index (χ1) is 6.29. The van der Waals surface area contributed by atoms with Crippen molar-refractivity contribution >= 4 is 16.8 Å². The summed E-state index contributed by atoms with van der Waals surface area (Å²) in [6.07, 6.45) is 3.45. The Morgan fingerprint density at radius 3 is 2.85 bits per heavy atom. The molecule has 2 nitrogen and oxygen atoms in total. The van der Waals surface area contributed by atoms with Gasteiger partial charge in [0.15, 0.2) is 0 Å². The van der Waals surface area contributed by atoms with Crippen LogP contribution in [0.3, 0.4) is 0 Å². The van der Waals surface area contributed by atoms with Crippen LogP contribution in [0.4, 0.5) is 0 Å². The molecule has 13 heavy (non-hydrogen) atoms. The van der Waals surface area contributed by atoms with Crippen molar-refractivity contribution in [3.8, 4) is 5.75 Å². The first kappa shape index (κ1) is 7.80. The predicted molar refractivity (Wildman–Crippen MR) is 53.5 cm³/mol. The van der Waals surface area contributed by atoms with Crippen molar-refractivity contribution in [2.45, 2.75) is 0 Å². The zero-order chi connectivity index (χ0) is 9.26. The molecule has 0 aliphatic carbocycles. The second-order valence-electron chi connectivity index (χ2n) is 2.84. The predicted octanol–water partition coefficient (Wildman–Crippen LogP) is 2.58. The Hall–Kier alpha value is -1.83. The number of aromatic hydroxyl groups is 1. The zero-order valence-corrected chi connectivity index (χ0v) is 7.07. The van der Waals surface area contributed by atoms with Gasteiger partial charge < -0.3 is 5.11 Å². The Bertz CT molecular complexity index is 463. The van der Waals surface area contributed by atoms with Gasteiger partial charge in [-0.2, -0.15) is 0 Å². The lowest BCUT2D eigenvalue weighted by Gasteiger charge is -1.99. The SMILES string of the molecule is C=Cc1cc2cc(O)ccc2cn1. The fourth-order valence-corrected chi connectivity index (χ4v) is 1.26. The van der Waals surface area contributed by atoms with E-state index in [2.05, 4.69) is 11.6 Å². The Balaban J connectivity index is 2.74. The molecule has 0 bridgehead atoms. The van der Waals surface area contributed by atoms with Gasteiger partial charge in [0.25, 0.3) is 0 Å². The summed E-state index contributed by atoms with van der Waals surface area (Å²) in [6, 6.07) is 7.09. The molecule has 0 saturated carbocycles. The summed E-state index contributed by atoms with van der Waals surface area (Å²) in [5.74, 6) is 0.272. The maximum absolute atomic E-state index is 9.25. The minimum Gasteiger partial charge on any atom is -0.508 e. The summed E-state index contributed by atoms with van der Waals surface area (Å²) in [6.45, 7) is 3.64. The molecule has 2 rings (SSSR count). The van der Waals surface area contributed by atoms with Gasteiger partial charge in [-0.25, -0.2) is 0 Å². The van der Waals surface area contributed by atoms with Gasteiger partial charge in [-0.15, -0.1) is 0 Å². The topological polar surface area (TPSA) is 33.1 Å². The highest BCUT2D eigenvalue weighted by molar-refractivity contribution is 5.84. The van der Waals surface area contributed by atoms with Crippen LogP contribution in [0.5, 0.6) is 5.75 Å². The number of phenols is 1. The van der Waals surface area contributed by atoms with Gasteiger partial charge in [0, 0.05) is 11.6 Å². The maximum Gasteiger partial charge on any atom is 0.116 e. The second-order valence-corrected chi connectivity index (χ2v) is 2.84. The third-order valence-electron chi connectivity index (χ3n) is 1.94. The number of nitrogens with zero attached hydrogens (tertiary/aromatic N) is 1. The molecule has 1 heterocycles. The van der Waals surface area contributed by atoms with E-state index in [4.69, 9.17) is 0 Å². The highest BCUT2D eigenvalue weighted by Crippen LogP contribution is 2.19. The van der Waals surface area contributed by atoms with Crippen molar-refractivity contribution in [2.24, 2.45) is 0 Å². The molecule has 64 valence electrons. The average Bonchev–Trinajstić information content (AvgIpc) is 2.16. The molecule has 0 amide bonds. The van der Waals surface area contributed by atoms with Crippen molar-refractivity contribution < 1.29 is 5.11 Å². The van der Waals surface area contributed by atoms with Crippen LogP contribution in [0, 0.1) is 0 Å². The second kappa shape index (κ2) is 2.90. The molecule has 2 heteroatoms. The van der Waals surface area contributed by atoms with E-state index < -0.39 is 0 Å². The highest BCUT2D eigenvalue weighted by Gasteiger charge is 1.96. The summed E-state index contributed by atoms with van der Waals surface area (Å²) < 4.78 is 0. The smallest absolute Gasteiger partial charge is 0.116 e. The first-order valence-electron chi connectivity index (χ1n) is 4.01. The lowest BCUT2D eigenvalue weighted by atomic mass is 10.1. The molecule has 0 unspecified atom stereocenters. The monoisotopic (exact) mass is 171 g/mol. The molecule has 1 N–H and O–H groups in total. The van der Waals surface area contributed by atoms with Crippen LogP contribution in [-0.2, 0) is 0 Å². The van der Waals surface area contributed by atoms with Crippen molar-refractivity contribution in [2.75, 3.05) is 0 Å². The molecule has 2 aromatic rings. The van der Waals surface area contributed by atoms with Crippen molar-refractivity contribution in [1.29, 1.82) is 0 Å². The van der Waals surface area contributed by atoms with Crippen LogP contribution < -0.4 is 0 Å². The Morgan fingerprint density at radius 2 is 2.08 bits per heavy atom.